The van der Waals surface area contributed by atoms with Crippen LogP contribution < -0.4 is 36.8 Å². The van der Waals surface area contributed by atoms with Crippen LogP contribution in [0.4, 0.5) is 0 Å². The Morgan fingerprint density at radius 1 is 0.400 bits per heavy atom. The Balaban J connectivity index is -0.0000000536. The molecule has 0 aliphatic carbocycles. The molecule has 0 bridgehead atoms. The second kappa shape index (κ2) is 16.3. The Labute approximate surface area is 119 Å². The van der Waals surface area contributed by atoms with Gasteiger partial charge in [-0.05, 0) is 0 Å². The number of rotatable bonds is 0. The summed E-state index contributed by atoms with van der Waals surface area (Å²) in [6.07, 6.45) is 0. The van der Waals surface area contributed by atoms with Gasteiger partial charge in [-0.1, -0.05) is 0 Å². The van der Waals surface area contributed by atoms with Crippen LogP contribution in [0.2, 0.25) is 0 Å². The molecule has 1 radical (unpaired) electrons. The number of carbonyl (C=O) groups excluding carboxylic acids is 6. The number of carbonyl (C=O) groups is 6. The van der Waals surface area contributed by atoms with E-state index in [1.807, 2.05) is 0 Å². The van der Waals surface area contributed by atoms with Crippen molar-refractivity contribution in [2.75, 3.05) is 0 Å². The first kappa shape index (κ1) is 30.4. The second-order valence-corrected chi connectivity index (χ2v) is 1.72. The summed E-state index contributed by atoms with van der Waals surface area (Å²) in [6, 6.07) is 0. The van der Waals surface area contributed by atoms with Crippen LogP contribution in [0.15, 0.2) is 0 Å². The molecule has 0 saturated carbocycles. The van der Waals surface area contributed by atoms with Gasteiger partial charge in [-0.3, -0.25) is 0 Å². The van der Waals surface area contributed by atoms with Crippen molar-refractivity contribution in [2.24, 2.45) is 0 Å². The zero-order chi connectivity index (χ0) is 15.5. The summed E-state index contributed by atoms with van der Waals surface area (Å²) in [6.45, 7) is 0. The summed E-state index contributed by atoms with van der Waals surface area (Å²) >= 11 is 0. The molecule has 0 rings (SSSR count). The van der Waals surface area contributed by atoms with E-state index >= 15 is 0 Å². The first-order chi connectivity index (χ1) is 7.93. The van der Waals surface area contributed by atoms with Gasteiger partial charge in [0.1, 0.15) is 0 Å². The molecule has 0 aromatic rings. The molecule has 0 aromatic heterocycles. The molecule has 20 heavy (non-hydrogen) atoms. The van der Waals surface area contributed by atoms with Gasteiger partial charge < -0.3 is 65.6 Å². The van der Waals surface area contributed by atoms with Gasteiger partial charge in [0.05, 0.1) is 35.8 Å². The number of quaternary nitrogens is 1. The molecule has 4 N–H and O–H groups in total. The third kappa shape index (κ3) is 36.2. The molecular weight excluding hydrogens is 334 g/mol. The van der Waals surface area contributed by atoms with E-state index in [0.717, 1.165) is 0 Å². The third-order valence-corrected chi connectivity index (χ3v) is 0.500. The second-order valence-electron chi connectivity index (χ2n) is 1.72. The summed E-state index contributed by atoms with van der Waals surface area (Å²) in [5.74, 6) is -13.1. The van der Waals surface area contributed by atoms with E-state index in [1.54, 1.807) is 0 Å². The van der Waals surface area contributed by atoms with Crippen LogP contribution in [0.1, 0.15) is 0 Å². The van der Waals surface area contributed by atoms with Gasteiger partial charge in [-0.25, -0.2) is 0 Å². The van der Waals surface area contributed by atoms with E-state index < -0.39 is 35.8 Å². The van der Waals surface area contributed by atoms with Gasteiger partial charge in [0.2, 0.25) is 0 Å². The van der Waals surface area contributed by atoms with Crippen molar-refractivity contribution in [3.63, 3.8) is 0 Å². The number of aliphatic carboxylic acids is 6. The predicted molar refractivity (Wildman–Crippen MR) is 36.0 cm³/mol. The van der Waals surface area contributed by atoms with Gasteiger partial charge in [0.15, 0.2) is 0 Å². The van der Waals surface area contributed by atoms with Crippen molar-refractivity contribution in [3.05, 3.63) is 0 Å². The van der Waals surface area contributed by atoms with E-state index in [2.05, 4.69) is 0 Å². The van der Waals surface area contributed by atoms with Crippen molar-refractivity contribution < 1.29 is 76.5 Å². The topological polar surface area (TPSA) is 277 Å². The minimum atomic E-state index is -2.19. The Kier molecular flexibility index (Phi) is 24.8. The maximum atomic E-state index is 8.93. The number of hydrogen-bond donors (Lipinski definition) is 1. The SMILES string of the molecule is O=C([O-])C(=O)[O-].O=C([O-])C(=O)[O-].O=C([O-])C(=O)[O-].[Fe+5].[NH4+]. The molecule has 13 nitrogen and oxygen atoms in total. The zero-order valence-corrected chi connectivity index (χ0v) is 10.4. The first-order valence-electron chi connectivity index (χ1n) is 3.20. The molecule has 113 valence electrons. The smallest absolute Gasteiger partial charge is 0.543 e. The number of carboxylic acids is 6. The minimum Gasteiger partial charge on any atom is -0.543 e. The monoisotopic (exact) mass is 338 g/mol. The van der Waals surface area contributed by atoms with E-state index in [9.17, 15) is 0 Å². The fourth-order valence-electron chi connectivity index (χ4n) is 0. The van der Waals surface area contributed by atoms with Gasteiger partial charge in [0.25, 0.3) is 0 Å². The molecule has 0 aliphatic heterocycles. The molecule has 14 heteroatoms. The molecule has 0 atom stereocenters. The zero-order valence-electron chi connectivity index (χ0n) is 9.25. The molecule has 0 unspecified atom stereocenters. The molecule has 0 saturated heterocycles. The van der Waals surface area contributed by atoms with Gasteiger partial charge >= 0.3 is 17.1 Å². The predicted octanol–water partition coefficient (Wildman–Crippen LogP) is -10.2. The Bertz CT molecular complexity index is 283. The Morgan fingerprint density at radius 2 is 0.450 bits per heavy atom. The normalized spacial score (nSPS) is 6.60. The van der Waals surface area contributed by atoms with Crippen LogP contribution in [-0.2, 0) is 45.8 Å². The van der Waals surface area contributed by atoms with Crippen LogP contribution in [0.25, 0.3) is 0 Å². The van der Waals surface area contributed by atoms with Crippen molar-refractivity contribution >= 4 is 35.8 Å². The van der Waals surface area contributed by atoms with Crippen LogP contribution in [-0.4, -0.2) is 35.8 Å². The fraction of sp³-hybridized carbons (Fsp3) is 0. The molecule has 0 fully saturated rings. The summed E-state index contributed by atoms with van der Waals surface area (Å²) in [4.78, 5) is 53.6. The average molecular weight is 338 g/mol. The maximum Gasteiger partial charge on any atom is 5.00 e. The van der Waals surface area contributed by atoms with E-state index in [-0.39, 0.29) is 23.2 Å². The number of carboxylic acid groups (broad SMARTS) is 6. The average Bonchev–Trinajstić information content (AvgIpc) is 2.18. The van der Waals surface area contributed by atoms with E-state index in [0.29, 0.717) is 0 Å². The van der Waals surface area contributed by atoms with Gasteiger partial charge in [0, 0.05) is 0 Å². The minimum absolute atomic E-state index is 0. The Morgan fingerprint density at radius 3 is 0.450 bits per heavy atom. The van der Waals surface area contributed by atoms with Crippen LogP contribution in [0.5, 0.6) is 0 Å². The largest absolute Gasteiger partial charge is 5.00 e. The van der Waals surface area contributed by atoms with E-state index in [4.69, 9.17) is 59.4 Å². The fourth-order valence-corrected chi connectivity index (χ4v) is 0. The van der Waals surface area contributed by atoms with Crippen LogP contribution in [0, 0.1) is 0 Å². The third-order valence-electron chi connectivity index (χ3n) is 0.500. The standard InChI is InChI=1S/3C2H2O4.Fe.H3N/c3*3-1(4)2(5)6;;/h3*(H,3,4)(H,5,6);;1H3/q;;;+5;/p-5. The van der Waals surface area contributed by atoms with Crippen molar-refractivity contribution in [1.29, 1.82) is 0 Å². The molecule has 0 aliphatic rings. The van der Waals surface area contributed by atoms with Gasteiger partial charge in [-0.15, -0.1) is 0 Å². The molecule has 0 heterocycles. The first-order valence-corrected chi connectivity index (χ1v) is 3.20. The van der Waals surface area contributed by atoms with Crippen LogP contribution >= 0.6 is 0 Å². The van der Waals surface area contributed by atoms with E-state index in [1.165, 1.54) is 0 Å². The quantitative estimate of drug-likeness (QED) is 0.318. The summed E-state index contributed by atoms with van der Waals surface area (Å²) < 4.78 is 0. The van der Waals surface area contributed by atoms with Gasteiger partial charge in [-0.2, -0.15) is 0 Å². The molecule has 0 amide bonds. The summed E-state index contributed by atoms with van der Waals surface area (Å²) in [7, 11) is 0. The number of hydrogen-bond acceptors (Lipinski definition) is 12. The maximum absolute atomic E-state index is 8.93. The molecule has 0 spiro atoms. The van der Waals surface area contributed by atoms with Crippen LogP contribution in [0.3, 0.4) is 0 Å². The molecule has 0 aromatic carbocycles. The van der Waals surface area contributed by atoms with Crippen molar-refractivity contribution in [3.8, 4) is 0 Å². The molecular formula is C6H4FeNO12. The summed E-state index contributed by atoms with van der Waals surface area (Å²) in [5, 5.41) is 53.6. The summed E-state index contributed by atoms with van der Waals surface area (Å²) in [5.41, 5.74) is 0. The van der Waals surface area contributed by atoms with Crippen molar-refractivity contribution in [1.82, 2.24) is 6.15 Å². The Hall–Kier alpha value is -2.70. The van der Waals surface area contributed by atoms with Crippen molar-refractivity contribution in [2.45, 2.75) is 0 Å².